The van der Waals surface area contributed by atoms with Crippen molar-refractivity contribution in [2.75, 3.05) is 24.8 Å². The van der Waals surface area contributed by atoms with Crippen molar-refractivity contribution in [1.82, 2.24) is 9.97 Å². The molecule has 11 nitrogen and oxygen atoms in total. The van der Waals surface area contributed by atoms with Gasteiger partial charge in [0.25, 0.3) is 0 Å². The standard InChI is InChI=1S/C15H27N6O5P/c1-11(2)25-27(23,26-12(3)4)10-24-13(5-8-19-21-16)9-18-14-6-7-17-15(22)20-14/h6-7,11-13H,5,8-10H2,1-4H3,(H2,17,18,20,22)/t13-/m0/s1. The highest BCUT2D eigenvalue weighted by Gasteiger charge is 2.29. The minimum atomic E-state index is -3.45. The van der Waals surface area contributed by atoms with Gasteiger partial charge in [-0.05, 0) is 45.7 Å². The van der Waals surface area contributed by atoms with Gasteiger partial charge in [-0.25, -0.2) is 9.78 Å². The third-order valence-electron chi connectivity index (χ3n) is 3.02. The summed E-state index contributed by atoms with van der Waals surface area (Å²) in [6.45, 7) is 7.53. The van der Waals surface area contributed by atoms with Crippen molar-refractivity contribution >= 4 is 13.4 Å². The number of hydrogen-bond acceptors (Lipinski definition) is 8. The number of rotatable bonds is 13. The van der Waals surface area contributed by atoms with Gasteiger partial charge in [-0.1, -0.05) is 5.11 Å². The molecule has 12 heteroatoms. The van der Waals surface area contributed by atoms with Gasteiger partial charge in [0, 0.05) is 24.2 Å². The van der Waals surface area contributed by atoms with Crippen LogP contribution in [-0.2, 0) is 18.3 Å². The molecule has 0 bridgehead atoms. The van der Waals surface area contributed by atoms with Crippen LogP contribution in [0.4, 0.5) is 5.82 Å². The van der Waals surface area contributed by atoms with Crippen molar-refractivity contribution < 1.29 is 18.3 Å². The number of aromatic amines is 1. The average molecular weight is 402 g/mol. The lowest BCUT2D eigenvalue weighted by Gasteiger charge is -2.25. The van der Waals surface area contributed by atoms with E-state index >= 15 is 0 Å². The van der Waals surface area contributed by atoms with Crippen LogP contribution in [0.25, 0.3) is 10.4 Å². The topological polar surface area (TPSA) is 151 Å². The van der Waals surface area contributed by atoms with Crippen LogP contribution in [0.3, 0.4) is 0 Å². The molecule has 0 saturated heterocycles. The van der Waals surface area contributed by atoms with Crippen molar-refractivity contribution in [1.29, 1.82) is 0 Å². The van der Waals surface area contributed by atoms with Crippen LogP contribution in [0.15, 0.2) is 22.2 Å². The zero-order valence-corrected chi connectivity index (χ0v) is 16.9. The number of aromatic nitrogens is 2. The first-order valence-electron chi connectivity index (χ1n) is 8.61. The molecule has 0 fully saturated rings. The van der Waals surface area contributed by atoms with Crippen LogP contribution in [-0.4, -0.2) is 47.7 Å². The Balaban J connectivity index is 2.74. The van der Waals surface area contributed by atoms with Crippen molar-refractivity contribution in [2.45, 2.75) is 52.4 Å². The fourth-order valence-electron chi connectivity index (χ4n) is 2.11. The van der Waals surface area contributed by atoms with Gasteiger partial charge in [-0.3, -0.25) is 9.55 Å². The first-order chi connectivity index (χ1) is 12.7. The summed E-state index contributed by atoms with van der Waals surface area (Å²) in [5.74, 6) is 0.465. The molecular formula is C15H27N6O5P. The molecule has 0 aliphatic carbocycles. The second-order valence-corrected chi connectivity index (χ2v) is 8.15. The minimum absolute atomic E-state index is 0.204. The number of nitrogens with zero attached hydrogens (tertiary/aromatic N) is 4. The summed E-state index contributed by atoms with van der Waals surface area (Å²) in [5.41, 5.74) is 7.97. The average Bonchev–Trinajstić information content (AvgIpc) is 2.55. The van der Waals surface area contributed by atoms with E-state index in [4.69, 9.17) is 19.3 Å². The summed E-state index contributed by atoms with van der Waals surface area (Å²) >= 11 is 0. The summed E-state index contributed by atoms with van der Waals surface area (Å²) in [4.78, 5) is 20.0. The van der Waals surface area contributed by atoms with Crippen molar-refractivity contribution in [3.8, 4) is 0 Å². The summed E-state index contributed by atoms with van der Waals surface area (Å²) in [5, 5.41) is 6.50. The van der Waals surface area contributed by atoms with Gasteiger partial charge in [0.2, 0.25) is 0 Å². The van der Waals surface area contributed by atoms with Gasteiger partial charge >= 0.3 is 13.3 Å². The minimum Gasteiger partial charge on any atom is -0.369 e. The lowest BCUT2D eigenvalue weighted by atomic mass is 10.2. The van der Waals surface area contributed by atoms with Gasteiger partial charge < -0.3 is 19.1 Å². The molecule has 27 heavy (non-hydrogen) atoms. The molecule has 1 heterocycles. The highest BCUT2D eigenvalue weighted by atomic mass is 31.2. The zero-order valence-electron chi connectivity index (χ0n) is 16.0. The molecule has 0 amide bonds. The van der Waals surface area contributed by atoms with E-state index in [9.17, 15) is 9.36 Å². The van der Waals surface area contributed by atoms with Gasteiger partial charge in [0.1, 0.15) is 12.2 Å². The Hall–Kier alpha value is -1.90. The van der Waals surface area contributed by atoms with E-state index in [2.05, 4.69) is 25.3 Å². The number of hydrogen-bond donors (Lipinski definition) is 2. The normalized spacial score (nSPS) is 12.8. The molecule has 0 radical (unpaired) electrons. The zero-order chi connectivity index (χ0) is 20.3. The second-order valence-electron chi connectivity index (χ2n) is 6.25. The van der Waals surface area contributed by atoms with Crippen LogP contribution in [0.1, 0.15) is 34.1 Å². The molecule has 0 aromatic carbocycles. The Morgan fingerprint density at radius 3 is 2.56 bits per heavy atom. The molecular weight excluding hydrogens is 375 g/mol. The highest BCUT2D eigenvalue weighted by molar-refractivity contribution is 7.53. The van der Waals surface area contributed by atoms with Gasteiger partial charge in [0.05, 0.1) is 18.3 Å². The van der Waals surface area contributed by atoms with Crippen molar-refractivity contribution in [2.24, 2.45) is 5.11 Å². The predicted octanol–water partition coefficient (Wildman–Crippen LogP) is 3.27. The Bertz CT molecular complexity index is 705. The maximum Gasteiger partial charge on any atom is 0.356 e. The summed E-state index contributed by atoms with van der Waals surface area (Å²) in [7, 11) is -3.45. The number of H-pyrrole nitrogens is 1. The summed E-state index contributed by atoms with van der Waals surface area (Å²) in [6.07, 6.45) is 0.485. The van der Waals surface area contributed by atoms with E-state index in [0.717, 1.165) is 0 Å². The molecule has 1 aromatic rings. The summed E-state index contributed by atoms with van der Waals surface area (Å²) < 4.78 is 29.5. The Kier molecular flexibility index (Phi) is 10.1. The first kappa shape index (κ1) is 23.1. The summed E-state index contributed by atoms with van der Waals surface area (Å²) in [6, 6.07) is 1.60. The third-order valence-corrected chi connectivity index (χ3v) is 4.97. The molecule has 2 N–H and O–H groups in total. The molecule has 152 valence electrons. The van der Waals surface area contributed by atoms with E-state index in [1.165, 1.54) is 6.20 Å². The molecule has 0 aliphatic rings. The molecule has 0 spiro atoms. The molecule has 1 atom stereocenters. The van der Waals surface area contributed by atoms with E-state index in [1.54, 1.807) is 33.8 Å². The van der Waals surface area contributed by atoms with Gasteiger partial charge in [-0.15, -0.1) is 0 Å². The fraction of sp³-hybridized carbons (Fsp3) is 0.733. The lowest BCUT2D eigenvalue weighted by molar-refractivity contribution is 0.0570. The Morgan fingerprint density at radius 2 is 2.00 bits per heavy atom. The maximum absolute atomic E-state index is 12.9. The van der Waals surface area contributed by atoms with Crippen LogP contribution in [0, 0.1) is 0 Å². The quantitative estimate of drug-likeness (QED) is 0.222. The highest BCUT2D eigenvalue weighted by Crippen LogP contribution is 2.50. The SMILES string of the molecule is CC(C)OP(=O)(CO[C@@H](CCN=[N+]=[N-])CNc1ccnc(=O)[nH]1)OC(C)C. The first-order valence-corrected chi connectivity index (χ1v) is 10.3. The van der Waals surface area contributed by atoms with Gasteiger partial charge in [-0.2, -0.15) is 0 Å². The third kappa shape index (κ3) is 10.1. The maximum atomic E-state index is 12.9. The number of nitrogens with one attached hydrogen (secondary N) is 2. The van der Waals surface area contributed by atoms with E-state index in [0.29, 0.717) is 12.2 Å². The van der Waals surface area contributed by atoms with Crippen molar-refractivity contribution in [3.63, 3.8) is 0 Å². The molecule has 0 aliphatic heterocycles. The monoisotopic (exact) mass is 402 g/mol. The van der Waals surface area contributed by atoms with E-state index < -0.39 is 19.4 Å². The van der Waals surface area contributed by atoms with Crippen LogP contribution < -0.4 is 11.0 Å². The second kappa shape index (κ2) is 11.7. The van der Waals surface area contributed by atoms with Gasteiger partial charge in [0.15, 0.2) is 0 Å². The number of ether oxygens (including phenoxy) is 1. The molecule has 1 aromatic heterocycles. The molecule has 0 unspecified atom stereocenters. The Morgan fingerprint density at radius 1 is 1.33 bits per heavy atom. The van der Waals surface area contributed by atoms with Crippen molar-refractivity contribution in [3.05, 3.63) is 33.2 Å². The van der Waals surface area contributed by atoms with E-state index in [-0.39, 0.29) is 31.6 Å². The number of anilines is 1. The van der Waals surface area contributed by atoms with Crippen LogP contribution >= 0.6 is 7.60 Å². The molecule has 1 rings (SSSR count). The van der Waals surface area contributed by atoms with Crippen LogP contribution in [0.2, 0.25) is 0 Å². The number of azide groups is 1. The van der Waals surface area contributed by atoms with Crippen LogP contribution in [0.5, 0.6) is 0 Å². The van der Waals surface area contributed by atoms with E-state index in [1.807, 2.05) is 0 Å². The lowest BCUT2D eigenvalue weighted by Crippen LogP contribution is -2.27. The predicted molar refractivity (Wildman–Crippen MR) is 102 cm³/mol. The smallest absolute Gasteiger partial charge is 0.356 e. The fourth-order valence-corrected chi connectivity index (χ4v) is 3.96. The Labute approximate surface area is 158 Å². The largest absolute Gasteiger partial charge is 0.369 e. The molecule has 0 saturated carbocycles.